The first-order chi connectivity index (χ1) is 18.4. The fourth-order valence-corrected chi connectivity index (χ4v) is 8.44. The predicted octanol–water partition coefficient (Wildman–Crippen LogP) is 7.28. The lowest BCUT2D eigenvalue weighted by Crippen LogP contribution is -2.49. The number of rotatable bonds is 7. The molecule has 4 aliphatic rings. The number of aromatic nitrogens is 2. The van der Waals surface area contributed by atoms with E-state index in [2.05, 4.69) is 37.0 Å². The topological polar surface area (TPSA) is 53.4 Å². The van der Waals surface area contributed by atoms with E-state index in [4.69, 9.17) is 9.47 Å². The fourth-order valence-electron chi connectivity index (χ4n) is 8.44. The number of fused-ring (bicyclic) bond motifs is 5. The zero-order chi connectivity index (χ0) is 26.3. The van der Waals surface area contributed by atoms with Gasteiger partial charge in [0, 0.05) is 24.4 Å². The smallest absolute Gasteiger partial charge is 0.165 e. The van der Waals surface area contributed by atoms with Crippen LogP contribution in [0.2, 0.25) is 0 Å². The lowest BCUT2D eigenvalue weighted by molar-refractivity contribution is -0.129. The molecule has 4 aliphatic carbocycles. The molecule has 0 unspecified atom stereocenters. The third kappa shape index (κ3) is 4.32. The van der Waals surface area contributed by atoms with Crippen molar-refractivity contribution in [2.75, 3.05) is 13.7 Å². The van der Waals surface area contributed by atoms with Gasteiger partial charge in [0.2, 0.25) is 0 Å². The molecular formula is C33H42N2O3. The molecule has 1 aromatic heterocycles. The molecule has 0 aliphatic heterocycles. The second-order valence-electron chi connectivity index (χ2n) is 12.5. The van der Waals surface area contributed by atoms with Crippen molar-refractivity contribution in [2.24, 2.45) is 28.6 Å². The molecule has 0 saturated heterocycles. The Balaban J connectivity index is 1.18. The van der Waals surface area contributed by atoms with Crippen LogP contribution in [0.3, 0.4) is 0 Å². The normalized spacial score (nSPS) is 33.3. The minimum Gasteiger partial charge on any atom is -0.493 e. The van der Waals surface area contributed by atoms with Gasteiger partial charge in [0.15, 0.2) is 17.3 Å². The van der Waals surface area contributed by atoms with Crippen molar-refractivity contribution in [3.63, 3.8) is 0 Å². The Labute approximate surface area is 227 Å². The average molecular weight is 515 g/mol. The largest absolute Gasteiger partial charge is 0.493 e. The van der Waals surface area contributed by atoms with Crippen molar-refractivity contribution in [3.05, 3.63) is 59.7 Å². The summed E-state index contributed by atoms with van der Waals surface area (Å²) in [6, 6.07) is 6.04. The maximum atomic E-state index is 13.9. The highest BCUT2D eigenvalue weighted by Gasteiger charge is 2.59. The molecule has 3 saturated carbocycles. The van der Waals surface area contributed by atoms with Crippen LogP contribution >= 0.6 is 0 Å². The minimum atomic E-state index is -0.217. The van der Waals surface area contributed by atoms with Crippen LogP contribution < -0.4 is 9.47 Å². The summed E-state index contributed by atoms with van der Waals surface area (Å²) in [5, 5.41) is 0. The van der Waals surface area contributed by atoms with Gasteiger partial charge in [-0.3, -0.25) is 4.79 Å². The molecule has 0 amide bonds. The molecule has 202 valence electrons. The van der Waals surface area contributed by atoms with Crippen LogP contribution in [0.5, 0.6) is 11.5 Å². The number of aryl methyl sites for hydroxylation is 1. The minimum absolute atomic E-state index is 0.217. The Morgan fingerprint density at radius 2 is 2.03 bits per heavy atom. The molecule has 38 heavy (non-hydrogen) atoms. The van der Waals surface area contributed by atoms with E-state index in [1.54, 1.807) is 18.9 Å². The monoisotopic (exact) mass is 514 g/mol. The van der Waals surface area contributed by atoms with Gasteiger partial charge in [-0.1, -0.05) is 38.0 Å². The summed E-state index contributed by atoms with van der Waals surface area (Å²) in [6.07, 6.45) is 20.8. The van der Waals surface area contributed by atoms with E-state index in [1.165, 1.54) is 32.1 Å². The molecule has 0 N–H and O–H groups in total. The number of allylic oxidation sites excluding steroid dienone is 3. The molecule has 2 aromatic rings. The second kappa shape index (κ2) is 10.1. The first-order valence-electron chi connectivity index (χ1n) is 14.6. The number of carbonyl (C=O) groups is 1. The molecule has 5 atom stereocenters. The number of imidazole rings is 1. The lowest BCUT2D eigenvalue weighted by Gasteiger charge is -2.56. The standard InChI is InChI=1S/C33H42N2O3/c1-32-13-5-4-7-25(32)9-10-26-27(32)12-14-33(2)28(26)21-24(31(33)36)19-23-8-11-29(30(20-23)37-3)38-18-6-16-35-17-15-34-22-35/h8-9,11,15,17,19-20,22,26-28H,4-7,10,12-14,16,18,21H2,1-3H3/t26-,27+,28+,32+,33+/m1/s1. The van der Waals surface area contributed by atoms with Gasteiger partial charge in [-0.05, 0) is 104 Å². The highest BCUT2D eigenvalue weighted by molar-refractivity contribution is 6.06. The molecular weight excluding hydrogens is 472 g/mol. The zero-order valence-corrected chi connectivity index (χ0v) is 23.2. The Hall–Kier alpha value is -2.82. The van der Waals surface area contributed by atoms with Crippen molar-refractivity contribution >= 4 is 11.9 Å². The first kappa shape index (κ1) is 25.5. The van der Waals surface area contributed by atoms with E-state index < -0.39 is 0 Å². The van der Waals surface area contributed by atoms with Crippen LogP contribution in [0.15, 0.2) is 54.1 Å². The van der Waals surface area contributed by atoms with E-state index in [-0.39, 0.29) is 5.41 Å². The number of hydrogen-bond acceptors (Lipinski definition) is 4. The predicted molar refractivity (Wildman–Crippen MR) is 150 cm³/mol. The number of benzene rings is 1. The van der Waals surface area contributed by atoms with Crippen LogP contribution in [0.1, 0.15) is 77.2 Å². The van der Waals surface area contributed by atoms with Crippen LogP contribution in [0.4, 0.5) is 0 Å². The number of nitrogens with zero attached hydrogens (tertiary/aromatic N) is 2. The van der Waals surface area contributed by atoms with Gasteiger partial charge in [-0.25, -0.2) is 4.98 Å². The van der Waals surface area contributed by atoms with Gasteiger partial charge in [-0.15, -0.1) is 0 Å². The summed E-state index contributed by atoms with van der Waals surface area (Å²) < 4.78 is 13.7. The van der Waals surface area contributed by atoms with Gasteiger partial charge in [-0.2, -0.15) is 0 Å². The maximum absolute atomic E-state index is 13.9. The molecule has 0 radical (unpaired) electrons. The van der Waals surface area contributed by atoms with Crippen LogP contribution in [0.25, 0.3) is 6.08 Å². The fraction of sp³-hybridized carbons (Fsp3) is 0.576. The Morgan fingerprint density at radius 1 is 1.13 bits per heavy atom. The summed E-state index contributed by atoms with van der Waals surface area (Å²) in [4.78, 5) is 17.9. The average Bonchev–Trinajstić information content (AvgIpc) is 3.53. The Kier molecular flexibility index (Phi) is 6.74. The number of carbonyl (C=O) groups excluding carboxylic acids is 1. The van der Waals surface area contributed by atoms with E-state index in [1.807, 2.05) is 29.2 Å². The second-order valence-corrected chi connectivity index (χ2v) is 12.5. The van der Waals surface area contributed by atoms with Crippen LogP contribution in [-0.4, -0.2) is 29.1 Å². The molecule has 5 heteroatoms. The highest BCUT2D eigenvalue weighted by Crippen LogP contribution is 2.64. The Morgan fingerprint density at radius 3 is 2.84 bits per heavy atom. The van der Waals surface area contributed by atoms with E-state index >= 15 is 0 Å². The number of ether oxygens (including phenoxy) is 2. The van der Waals surface area contributed by atoms with Gasteiger partial charge in [0.1, 0.15) is 0 Å². The van der Waals surface area contributed by atoms with Crippen LogP contribution in [-0.2, 0) is 11.3 Å². The maximum Gasteiger partial charge on any atom is 0.165 e. The molecule has 6 rings (SSSR count). The Bertz CT molecular complexity index is 1240. The van der Waals surface area contributed by atoms with Gasteiger partial charge in [0.25, 0.3) is 0 Å². The summed E-state index contributed by atoms with van der Waals surface area (Å²) in [5.74, 6) is 3.65. The molecule has 1 heterocycles. The highest BCUT2D eigenvalue weighted by atomic mass is 16.5. The molecule has 3 fully saturated rings. The summed E-state index contributed by atoms with van der Waals surface area (Å²) in [5.41, 5.74) is 3.88. The van der Waals surface area contributed by atoms with E-state index in [0.29, 0.717) is 35.4 Å². The summed E-state index contributed by atoms with van der Waals surface area (Å²) >= 11 is 0. The van der Waals surface area contributed by atoms with Crippen molar-refractivity contribution in [1.29, 1.82) is 0 Å². The van der Waals surface area contributed by atoms with Crippen molar-refractivity contribution in [1.82, 2.24) is 9.55 Å². The lowest BCUT2D eigenvalue weighted by atomic mass is 9.48. The van der Waals surface area contributed by atoms with Gasteiger partial charge < -0.3 is 14.0 Å². The van der Waals surface area contributed by atoms with E-state index in [9.17, 15) is 4.79 Å². The van der Waals surface area contributed by atoms with Crippen molar-refractivity contribution in [2.45, 2.75) is 78.2 Å². The van der Waals surface area contributed by atoms with E-state index in [0.717, 1.165) is 55.0 Å². The van der Waals surface area contributed by atoms with Gasteiger partial charge >= 0.3 is 0 Å². The quantitative estimate of drug-likeness (QED) is 0.221. The molecule has 5 nitrogen and oxygen atoms in total. The number of ketones is 1. The third-order valence-electron chi connectivity index (χ3n) is 10.6. The van der Waals surface area contributed by atoms with Crippen LogP contribution in [0, 0.1) is 28.6 Å². The summed E-state index contributed by atoms with van der Waals surface area (Å²) in [7, 11) is 1.68. The summed E-state index contributed by atoms with van der Waals surface area (Å²) in [6.45, 7) is 6.28. The zero-order valence-electron chi connectivity index (χ0n) is 23.2. The third-order valence-corrected chi connectivity index (χ3v) is 10.6. The molecule has 1 aromatic carbocycles. The van der Waals surface area contributed by atoms with Gasteiger partial charge in [0.05, 0.1) is 20.0 Å². The molecule has 0 spiro atoms. The SMILES string of the molecule is COc1cc(C=C2C[C@H]3[C@@H]4CC=C5CCCC[C@]5(C)[C@H]4CC[C@]3(C)C2=O)ccc1OCCCn1ccnc1. The number of methoxy groups -OCH3 is 1. The first-order valence-corrected chi connectivity index (χ1v) is 14.6. The van der Waals surface area contributed by atoms with Crippen molar-refractivity contribution in [3.8, 4) is 11.5 Å². The van der Waals surface area contributed by atoms with Crippen molar-refractivity contribution < 1.29 is 14.3 Å². The molecule has 0 bridgehead atoms. The number of Topliss-reactive ketones (excluding diaryl/α,β-unsaturated/α-hetero) is 1. The number of hydrogen-bond donors (Lipinski definition) is 0.